The fraction of sp³-hybridized carbons (Fsp3) is 0.292. The monoisotopic (exact) mass is 467 g/mol. The van der Waals surface area contributed by atoms with Gasteiger partial charge in [-0.3, -0.25) is 9.97 Å². The number of nitrogens with zero attached hydrogens (tertiary/aromatic N) is 3. The maximum Gasteiger partial charge on any atom is 0.162 e. The molecule has 0 saturated heterocycles. The number of alkyl halides is 1. The van der Waals surface area contributed by atoms with Crippen molar-refractivity contribution < 1.29 is 14.2 Å². The van der Waals surface area contributed by atoms with Crippen molar-refractivity contribution in [3.8, 4) is 28.5 Å². The van der Waals surface area contributed by atoms with Gasteiger partial charge in [-0.25, -0.2) is 4.98 Å². The molecule has 0 aliphatic heterocycles. The summed E-state index contributed by atoms with van der Waals surface area (Å²) in [6.07, 6.45) is 5.93. The Hall–Kier alpha value is -3.36. The lowest BCUT2D eigenvalue weighted by molar-refractivity contribution is 0.284. The average Bonchev–Trinajstić information content (AvgIpc) is 2.85. The van der Waals surface area contributed by atoms with Gasteiger partial charge in [-0.15, -0.1) is 11.6 Å². The van der Waals surface area contributed by atoms with Gasteiger partial charge in [0.15, 0.2) is 11.5 Å². The molecule has 4 N–H and O–H groups in total. The van der Waals surface area contributed by atoms with Crippen LogP contribution in [-0.4, -0.2) is 47.2 Å². The summed E-state index contributed by atoms with van der Waals surface area (Å²) in [5.41, 5.74) is 14.5. The number of hydrogen-bond donors (Lipinski definition) is 2. The molecule has 4 rings (SSSR count). The van der Waals surface area contributed by atoms with Crippen molar-refractivity contribution in [2.24, 2.45) is 5.73 Å². The highest BCUT2D eigenvalue weighted by Gasteiger charge is 2.14. The number of methoxy groups -OCH3 is 1. The zero-order chi connectivity index (χ0) is 23.4. The van der Waals surface area contributed by atoms with Crippen molar-refractivity contribution in [1.29, 1.82) is 0 Å². The molecule has 1 aromatic carbocycles. The van der Waals surface area contributed by atoms with Crippen molar-refractivity contribution in [3.63, 3.8) is 0 Å². The molecule has 0 saturated carbocycles. The van der Waals surface area contributed by atoms with Crippen molar-refractivity contribution >= 4 is 39.1 Å². The fourth-order valence-corrected chi connectivity index (χ4v) is 3.54. The maximum atomic E-state index is 6.32. The molecule has 9 heteroatoms. The molecule has 0 spiro atoms. The van der Waals surface area contributed by atoms with Crippen molar-refractivity contribution in [1.82, 2.24) is 15.0 Å². The average molecular weight is 468 g/mol. The fourth-order valence-electron chi connectivity index (χ4n) is 3.47. The number of nitrogens with two attached hydrogens (primary N) is 2. The molecule has 0 aliphatic carbocycles. The third kappa shape index (κ3) is 4.86. The largest absolute Gasteiger partial charge is 0.493 e. The Morgan fingerprint density at radius 3 is 2.61 bits per heavy atom. The summed E-state index contributed by atoms with van der Waals surface area (Å²) in [5, 5.41) is 2.50. The zero-order valence-electron chi connectivity index (χ0n) is 18.5. The van der Waals surface area contributed by atoms with E-state index in [1.165, 1.54) is 0 Å². The van der Waals surface area contributed by atoms with E-state index in [0.717, 1.165) is 33.7 Å². The molecule has 0 aliphatic rings. The van der Waals surface area contributed by atoms with Crippen molar-refractivity contribution in [2.45, 2.75) is 19.4 Å². The van der Waals surface area contributed by atoms with E-state index in [1.807, 2.05) is 31.2 Å². The topological polar surface area (TPSA) is 118 Å². The molecule has 8 nitrogen and oxygen atoms in total. The number of benzene rings is 1. The standard InChI is InChI=1S/C24H26ClN5O3/c1-3-15(26)13-33-16-6-14(10-28-11-16)20-7-17-18-8-23(32-5-4-25)22(31-2)9-21(18)29-12-19(17)24(27)30-20/h6-12,15H,3-5,13,26H2,1-2H3,(H2,27,30)/t15-/m1/s1. The Kier molecular flexibility index (Phi) is 6.96. The number of rotatable bonds is 9. The van der Waals surface area contributed by atoms with Crippen LogP contribution < -0.4 is 25.7 Å². The number of hydrogen-bond acceptors (Lipinski definition) is 8. The molecule has 3 aromatic heterocycles. The number of anilines is 1. The molecule has 0 amide bonds. The number of ether oxygens (including phenoxy) is 3. The zero-order valence-corrected chi connectivity index (χ0v) is 19.3. The molecule has 4 aromatic rings. The number of nitrogen functional groups attached to an aromatic ring is 1. The van der Waals surface area contributed by atoms with Crippen LogP contribution in [-0.2, 0) is 0 Å². The molecule has 0 bridgehead atoms. The van der Waals surface area contributed by atoms with Crippen LogP contribution in [0.15, 0.2) is 42.9 Å². The Labute approximate surface area is 196 Å². The minimum atomic E-state index is -0.0332. The van der Waals surface area contributed by atoms with Crippen LogP contribution in [0.25, 0.3) is 32.9 Å². The number of pyridine rings is 3. The second kappa shape index (κ2) is 10.1. The van der Waals surface area contributed by atoms with Gasteiger partial charge >= 0.3 is 0 Å². The molecule has 0 unspecified atom stereocenters. The van der Waals surface area contributed by atoms with Gasteiger partial charge in [-0.2, -0.15) is 0 Å². The number of fused-ring (bicyclic) bond motifs is 3. The molecule has 0 fully saturated rings. The van der Waals surface area contributed by atoms with Gasteiger partial charge in [0.1, 0.15) is 24.8 Å². The van der Waals surface area contributed by atoms with Crippen LogP contribution >= 0.6 is 11.6 Å². The molecule has 33 heavy (non-hydrogen) atoms. The van der Waals surface area contributed by atoms with E-state index in [2.05, 4.69) is 15.0 Å². The smallest absolute Gasteiger partial charge is 0.162 e. The summed E-state index contributed by atoms with van der Waals surface area (Å²) in [6, 6.07) is 7.54. The summed E-state index contributed by atoms with van der Waals surface area (Å²) in [4.78, 5) is 13.4. The van der Waals surface area contributed by atoms with E-state index in [4.69, 9.17) is 37.3 Å². The summed E-state index contributed by atoms with van der Waals surface area (Å²) >= 11 is 5.80. The molecule has 3 heterocycles. The highest BCUT2D eigenvalue weighted by Crippen LogP contribution is 2.37. The predicted octanol–water partition coefficient (Wildman–Crippen LogP) is 4.17. The summed E-state index contributed by atoms with van der Waals surface area (Å²) in [5.74, 6) is 2.53. The highest BCUT2D eigenvalue weighted by molar-refractivity contribution is 6.18. The second-order valence-corrected chi connectivity index (χ2v) is 7.94. The Morgan fingerprint density at radius 1 is 1.00 bits per heavy atom. The quantitative estimate of drug-likeness (QED) is 0.278. The van der Waals surface area contributed by atoms with E-state index in [9.17, 15) is 0 Å². The lowest BCUT2D eigenvalue weighted by atomic mass is 10.0. The van der Waals surface area contributed by atoms with Gasteiger partial charge in [-0.05, 0) is 30.0 Å². The van der Waals surface area contributed by atoms with Gasteiger partial charge in [0.2, 0.25) is 0 Å². The summed E-state index contributed by atoms with van der Waals surface area (Å²) in [6.45, 7) is 2.79. The van der Waals surface area contributed by atoms with Gasteiger partial charge in [0.05, 0.1) is 30.4 Å². The molecule has 172 valence electrons. The lowest BCUT2D eigenvalue weighted by Gasteiger charge is -2.14. The van der Waals surface area contributed by atoms with Crippen LogP contribution in [0.1, 0.15) is 13.3 Å². The van der Waals surface area contributed by atoms with Crippen LogP contribution in [0.3, 0.4) is 0 Å². The van der Waals surface area contributed by atoms with Gasteiger partial charge < -0.3 is 25.7 Å². The number of aromatic nitrogens is 3. The molecular weight excluding hydrogens is 442 g/mol. The van der Waals surface area contributed by atoms with E-state index in [-0.39, 0.29) is 6.04 Å². The van der Waals surface area contributed by atoms with Crippen LogP contribution in [0.2, 0.25) is 0 Å². The first-order valence-electron chi connectivity index (χ1n) is 10.6. The third-order valence-corrected chi connectivity index (χ3v) is 5.48. The molecule has 1 atom stereocenters. The first kappa shape index (κ1) is 22.8. The summed E-state index contributed by atoms with van der Waals surface area (Å²) in [7, 11) is 1.59. The van der Waals surface area contributed by atoms with E-state index >= 15 is 0 Å². The first-order valence-corrected chi connectivity index (χ1v) is 11.2. The second-order valence-electron chi connectivity index (χ2n) is 7.56. The Balaban J connectivity index is 1.82. The van der Waals surface area contributed by atoms with Crippen molar-refractivity contribution in [2.75, 3.05) is 31.9 Å². The third-order valence-electron chi connectivity index (χ3n) is 5.33. The number of halogens is 1. The van der Waals surface area contributed by atoms with Crippen molar-refractivity contribution in [3.05, 3.63) is 42.9 Å². The Bertz CT molecular complexity index is 1280. The van der Waals surface area contributed by atoms with E-state index < -0.39 is 0 Å². The van der Waals surface area contributed by atoms with E-state index in [0.29, 0.717) is 47.9 Å². The first-order chi connectivity index (χ1) is 16.0. The van der Waals surface area contributed by atoms with Gasteiger partial charge in [-0.1, -0.05) is 6.92 Å². The SMILES string of the molecule is CC[C@@H](N)COc1cncc(-c2cc3c(cnc4cc(OC)c(OCCCl)cc43)c(N)n2)c1. The minimum absolute atomic E-state index is 0.0332. The highest BCUT2D eigenvalue weighted by atomic mass is 35.5. The minimum Gasteiger partial charge on any atom is -0.493 e. The van der Waals surface area contributed by atoms with Gasteiger partial charge in [0.25, 0.3) is 0 Å². The normalized spacial score (nSPS) is 12.1. The summed E-state index contributed by atoms with van der Waals surface area (Å²) < 4.78 is 17.0. The van der Waals surface area contributed by atoms with Gasteiger partial charge in [0, 0.05) is 40.8 Å². The lowest BCUT2D eigenvalue weighted by Crippen LogP contribution is -2.26. The van der Waals surface area contributed by atoms with Crippen LogP contribution in [0.5, 0.6) is 17.2 Å². The van der Waals surface area contributed by atoms with E-state index in [1.54, 1.807) is 25.7 Å². The Morgan fingerprint density at radius 2 is 1.85 bits per heavy atom. The molecular formula is C24H26ClN5O3. The van der Waals surface area contributed by atoms with Crippen LogP contribution in [0.4, 0.5) is 5.82 Å². The maximum absolute atomic E-state index is 6.32. The molecule has 0 radical (unpaired) electrons. The van der Waals surface area contributed by atoms with Crippen LogP contribution in [0, 0.1) is 0 Å². The predicted molar refractivity (Wildman–Crippen MR) is 131 cm³/mol.